The first-order valence-corrected chi connectivity index (χ1v) is 5.69. The van der Waals surface area contributed by atoms with E-state index in [1.54, 1.807) is 0 Å². The molecular weight excluding hydrogens is 236 g/mol. The molecule has 0 unspecified atom stereocenters. The summed E-state index contributed by atoms with van der Waals surface area (Å²) in [7, 11) is 0. The first-order chi connectivity index (χ1) is 7.63. The lowest BCUT2D eigenvalue weighted by Gasteiger charge is -2.07. The average Bonchev–Trinajstić information content (AvgIpc) is 2.27. The van der Waals surface area contributed by atoms with Gasteiger partial charge in [-0.2, -0.15) is 0 Å². The standard InChI is InChI=1S/C13H20N2O.ClH/c1-10(2)12-5-3-11(4-6-12)9-15-13(16)7-8-14;/h3-6,10H,7-9,14H2,1-2H3,(H,15,16);1H. The maximum Gasteiger partial charge on any atom is 0.221 e. The van der Waals surface area contributed by atoms with Gasteiger partial charge in [-0.15, -0.1) is 12.4 Å². The van der Waals surface area contributed by atoms with Crippen LogP contribution in [0.25, 0.3) is 0 Å². The Morgan fingerprint density at radius 1 is 1.29 bits per heavy atom. The molecule has 0 heterocycles. The smallest absolute Gasteiger partial charge is 0.221 e. The summed E-state index contributed by atoms with van der Waals surface area (Å²) < 4.78 is 0. The van der Waals surface area contributed by atoms with Crippen molar-refractivity contribution in [3.63, 3.8) is 0 Å². The molecule has 1 amide bonds. The molecule has 17 heavy (non-hydrogen) atoms. The molecule has 0 saturated carbocycles. The number of rotatable bonds is 5. The van der Waals surface area contributed by atoms with Gasteiger partial charge in [0.1, 0.15) is 0 Å². The van der Waals surface area contributed by atoms with Gasteiger partial charge in [0.2, 0.25) is 5.91 Å². The Morgan fingerprint density at radius 3 is 2.35 bits per heavy atom. The average molecular weight is 257 g/mol. The lowest BCUT2D eigenvalue weighted by atomic mass is 10.0. The minimum Gasteiger partial charge on any atom is -0.352 e. The van der Waals surface area contributed by atoms with E-state index in [0.717, 1.165) is 5.56 Å². The normalized spacial score (nSPS) is 9.88. The Morgan fingerprint density at radius 2 is 1.88 bits per heavy atom. The summed E-state index contributed by atoms with van der Waals surface area (Å²) in [5.74, 6) is 0.552. The van der Waals surface area contributed by atoms with Crippen LogP contribution in [0.1, 0.15) is 37.3 Å². The van der Waals surface area contributed by atoms with Gasteiger partial charge in [-0.05, 0) is 17.0 Å². The molecule has 0 spiro atoms. The Labute approximate surface area is 109 Å². The molecule has 3 N–H and O–H groups in total. The van der Waals surface area contributed by atoms with Crippen LogP contribution in [-0.4, -0.2) is 12.5 Å². The van der Waals surface area contributed by atoms with E-state index in [1.807, 2.05) is 0 Å². The van der Waals surface area contributed by atoms with Gasteiger partial charge in [0.05, 0.1) is 0 Å². The van der Waals surface area contributed by atoms with E-state index in [0.29, 0.717) is 25.4 Å². The predicted octanol–water partition coefficient (Wildman–Crippen LogP) is 2.20. The SMILES string of the molecule is CC(C)c1ccc(CNC(=O)CCN)cc1.Cl. The van der Waals surface area contributed by atoms with Gasteiger partial charge in [-0.1, -0.05) is 38.1 Å². The number of carbonyl (C=O) groups excluding carboxylic acids is 1. The summed E-state index contributed by atoms with van der Waals surface area (Å²) in [4.78, 5) is 11.2. The Kier molecular flexibility index (Phi) is 7.59. The zero-order valence-electron chi connectivity index (χ0n) is 10.4. The van der Waals surface area contributed by atoms with Crippen LogP contribution in [0.15, 0.2) is 24.3 Å². The molecule has 96 valence electrons. The maximum absolute atomic E-state index is 11.2. The highest BCUT2D eigenvalue weighted by Crippen LogP contribution is 2.14. The van der Waals surface area contributed by atoms with Gasteiger partial charge in [0.15, 0.2) is 0 Å². The number of nitrogens with one attached hydrogen (secondary N) is 1. The van der Waals surface area contributed by atoms with Crippen LogP contribution in [0.2, 0.25) is 0 Å². The molecule has 0 saturated heterocycles. The molecule has 1 rings (SSSR count). The Balaban J connectivity index is 0.00000256. The summed E-state index contributed by atoms with van der Waals surface area (Å²) in [6.07, 6.45) is 0.393. The van der Waals surface area contributed by atoms with Gasteiger partial charge >= 0.3 is 0 Å². The topological polar surface area (TPSA) is 55.1 Å². The second kappa shape index (κ2) is 8.09. The molecule has 1 aromatic rings. The van der Waals surface area contributed by atoms with E-state index in [4.69, 9.17) is 5.73 Å². The first-order valence-electron chi connectivity index (χ1n) is 5.69. The van der Waals surface area contributed by atoms with E-state index in [1.165, 1.54) is 5.56 Å². The minimum absolute atomic E-state index is 0. The van der Waals surface area contributed by atoms with Crippen LogP contribution in [0.3, 0.4) is 0 Å². The van der Waals surface area contributed by atoms with Crippen LogP contribution < -0.4 is 11.1 Å². The van der Waals surface area contributed by atoms with Crippen molar-refractivity contribution in [1.82, 2.24) is 5.32 Å². The highest BCUT2D eigenvalue weighted by atomic mass is 35.5. The molecule has 0 fully saturated rings. The summed E-state index contributed by atoms with van der Waals surface area (Å²) in [5.41, 5.74) is 7.73. The van der Waals surface area contributed by atoms with Crippen molar-refractivity contribution in [3.8, 4) is 0 Å². The van der Waals surface area contributed by atoms with E-state index in [-0.39, 0.29) is 18.3 Å². The van der Waals surface area contributed by atoms with Gasteiger partial charge in [-0.25, -0.2) is 0 Å². The van der Waals surface area contributed by atoms with Crippen molar-refractivity contribution in [3.05, 3.63) is 35.4 Å². The zero-order chi connectivity index (χ0) is 12.0. The molecule has 0 radical (unpaired) electrons. The highest BCUT2D eigenvalue weighted by Gasteiger charge is 2.01. The molecular formula is C13H21ClN2O. The van der Waals surface area contributed by atoms with Gasteiger partial charge in [0, 0.05) is 19.5 Å². The van der Waals surface area contributed by atoms with Crippen LogP contribution in [-0.2, 0) is 11.3 Å². The van der Waals surface area contributed by atoms with Crippen molar-refractivity contribution in [2.24, 2.45) is 5.73 Å². The first kappa shape index (κ1) is 15.9. The molecule has 0 aromatic heterocycles. The van der Waals surface area contributed by atoms with Gasteiger partial charge in [0.25, 0.3) is 0 Å². The molecule has 3 nitrogen and oxygen atoms in total. The number of nitrogens with two attached hydrogens (primary N) is 1. The third-order valence-corrected chi connectivity index (χ3v) is 2.51. The van der Waals surface area contributed by atoms with Gasteiger partial charge in [-0.3, -0.25) is 4.79 Å². The summed E-state index contributed by atoms with van der Waals surface area (Å²) >= 11 is 0. The molecule has 4 heteroatoms. The molecule has 1 aromatic carbocycles. The summed E-state index contributed by atoms with van der Waals surface area (Å²) in [6.45, 7) is 5.31. The number of hydrogen-bond acceptors (Lipinski definition) is 2. The van der Waals surface area contributed by atoms with Crippen molar-refractivity contribution < 1.29 is 4.79 Å². The Hall–Kier alpha value is -1.06. The monoisotopic (exact) mass is 256 g/mol. The third kappa shape index (κ3) is 5.71. The summed E-state index contributed by atoms with van der Waals surface area (Å²) in [5, 5.41) is 2.83. The fraction of sp³-hybridized carbons (Fsp3) is 0.462. The van der Waals surface area contributed by atoms with Crippen molar-refractivity contribution in [2.45, 2.75) is 32.7 Å². The maximum atomic E-state index is 11.2. The minimum atomic E-state index is 0. The summed E-state index contributed by atoms with van der Waals surface area (Å²) in [6, 6.07) is 8.32. The van der Waals surface area contributed by atoms with E-state index >= 15 is 0 Å². The van der Waals surface area contributed by atoms with E-state index in [2.05, 4.69) is 43.4 Å². The largest absolute Gasteiger partial charge is 0.352 e. The molecule has 0 atom stereocenters. The second-order valence-electron chi connectivity index (χ2n) is 4.21. The zero-order valence-corrected chi connectivity index (χ0v) is 11.2. The number of carbonyl (C=O) groups is 1. The van der Waals surface area contributed by atoms with Crippen LogP contribution in [0, 0.1) is 0 Å². The lowest BCUT2D eigenvalue weighted by molar-refractivity contribution is -0.121. The van der Waals surface area contributed by atoms with Crippen LogP contribution in [0.5, 0.6) is 0 Å². The quantitative estimate of drug-likeness (QED) is 0.849. The third-order valence-electron chi connectivity index (χ3n) is 2.51. The van der Waals surface area contributed by atoms with E-state index in [9.17, 15) is 4.79 Å². The number of benzene rings is 1. The van der Waals surface area contributed by atoms with Crippen molar-refractivity contribution in [1.29, 1.82) is 0 Å². The van der Waals surface area contributed by atoms with Crippen molar-refractivity contribution >= 4 is 18.3 Å². The Bertz CT molecular complexity index is 336. The number of halogens is 1. The number of amides is 1. The van der Waals surface area contributed by atoms with E-state index < -0.39 is 0 Å². The molecule has 0 aliphatic rings. The van der Waals surface area contributed by atoms with Crippen molar-refractivity contribution in [2.75, 3.05) is 6.54 Å². The fourth-order valence-electron chi connectivity index (χ4n) is 1.44. The second-order valence-corrected chi connectivity index (χ2v) is 4.21. The van der Waals surface area contributed by atoms with Crippen LogP contribution >= 0.6 is 12.4 Å². The number of hydrogen-bond donors (Lipinski definition) is 2. The predicted molar refractivity (Wildman–Crippen MR) is 73.3 cm³/mol. The molecule has 0 aliphatic carbocycles. The highest BCUT2D eigenvalue weighted by molar-refractivity contribution is 5.85. The molecule has 0 bridgehead atoms. The lowest BCUT2D eigenvalue weighted by Crippen LogP contribution is -2.24. The van der Waals surface area contributed by atoms with Gasteiger partial charge < -0.3 is 11.1 Å². The van der Waals surface area contributed by atoms with Crippen LogP contribution in [0.4, 0.5) is 0 Å². The fourth-order valence-corrected chi connectivity index (χ4v) is 1.44. The molecule has 0 aliphatic heterocycles.